The van der Waals surface area contributed by atoms with Crippen molar-refractivity contribution in [2.45, 2.75) is 57.4 Å². The first-order valence-corrected chi connectivity index (χ1v) is 12.5. The van der Waals surface area contributed by atoms with E-state index in [4.69, 9.17) is 5.73 Å². The Morgan fingerprint density at radius 1 is 0.562 bits per heavy atom. The highest BCUT2D eigenvalue weighted by molar-refractivity contribution is 5.49. The van der Waals surface area contributed by atoms with Crippen molar-refractivity contribution in [2.75, 3.05) is 19.6 Å². The molecule has 0 radical (unpaired) electrons. The maximum atomic E-state index is 5.69. The molecule has 0 aliphatic rings. The molecule has 0 saturated carbocycles. The Morgan fingerprint density at radius 3 is 1.41 bits per heavy atom. The van der Waals surface area contributed by atoms with E-state index in [0.29, 0.717) is 0 Å². The van der Waals surface area contributed by atoms with Crippen LogP contribution in [0.3, 0.4) is 0 Å². The zero-order valence-electron chi connectivity index (χ0n) is 19.8. The second kappa shape index (κ2) is 13.2. The van der Waals surface area contributed by atoms with Crippen molar-refractivity contribution < 1.29 is 0 Å². The highest BCUT2D eigenvalue weighted by Crippen LogP contribution is 2.42. The van der Waals surface area contributed by atoms with Gasteiger partial charge in [-0.1, -0.05) is 124 Å². The van der Waals surface area contributed by atoms with Crippen LogP contribution in [0, 0.1) is 0 Å². The molecule has 0 unspecified atom stereocenters. The molecule has 32 heavy (non-hydrogen) atoms. The fourth-order valence-corrected chi connectivity index (χ4v) is 4.86. The summed E-state index contributed by atoms with van der Waals surface area (Å²) in [7, 11) is 0. The molecule has 0 atom stereocenters. The first-order chi connectivity index (χ1) is 15.8. The van der Waals surface area contributed by atoms with Crippen molar-refractivity contribution in [1.29, 1.82) is 0 Å². The minimum absolute atomic E-state index is 0.295. The van der Waals surface area contributed by atoms with Crippen LogP contribution < -0.4 is 5.73 Å². The molecule has 170 valence electrons. The number of rotatable bonds is 14. The smallest absolute Gasteiger partial charge is 0.0972 e. The summed E-state index contributed by atoms with van der Waals surface area (Å²) < 4.78 is 0. The average Bonchev–Trinajstić information content (AvgIpc) is 2.86. The molecule has 3 aromatic carbocycles. The van der Waals surface area contributed by atoms with Crippen molar-refractivity contribution in [3.05, 3.63) is 108 Å². The van der Waals surface area contributed by atoms with Gasteiger partial charge in [0.15, 0.2) is 0 Å². The molecule has 0 bridgehead atoms. The lowest BCUT2D eigenvalue weighted by Gasteiger charge is -2.46. The Kier molecular flexibility index (Phi) is 9.99. The topological polar surface area (TPSA) is 29.3 Å². The normalized spacial score (nSPS) is 11.7. The van der Waals surface area contributed by atoms with Crippen molar-refractivity contribution >= 4 is 0 Å². The van der Waals surface area contributed by atoms with Crippen LogP contribution in [-0.2, 0) is 5.54 Å². The molecule has 2 heteroatoms. The van der Waals surface area contributed by atoms with Gasteiger partial charge in [-0.15, -0.1) is 0 Å². The van der Waals surface area contributed by atoms with E-state index in [-0.39, 0.29) is 5.54 Å². The monoisotopic (exact) mass is 428 g/mol. The van der Waals surface area contributed by atoms with Crippen molar-refractivity contribution in [3.63, 3.8) is 0 Å². The first-order valence-electron chi connectivity index (χ1n) is 12.5. The van der Waals surface area contributed by atoms with E-state index in [9.17, 15) is 0 Å². The Hall–Kier alpha value is -2.42. The predicted octanol–water partition coefficient (Wildman–Crippen LogP) is 6.99. The van der Waals surface area contributed by atoms with Crippen LogP contribution in [-0.4, -0.2) is 24.5 Å². The number of hydrogen-bond acceptors (Lipinski definition) is 2. The van der Waals surface area contributed by atoms with Gasteiger partial charge in [-0.25, -0.2) is 0 Å². The third-order valence-corrected chi connectivity index (χ3v) is 6.46. The van der Waals surface area contributed by atoms with Gasteiger partial charge in [0.25, 0.3) is 0 Å². The van der Waals surface area contributed by atoms with E-state index < -0.39 is 0 Å². The SMILES string of the molecule is CCCCN(CCCCCCCN)C(c1ccccc1)(c1ccccc1)c1ccccc1. The summed E-state index contributed by atoms with van der Waals surface area (Å²) in [6.07, 6.45) is 8.52. The molecule has 0 aliphatic heterocycles. The summed E-state index contributed by atoms with van der Waals surface area (Å²) in [4.78, 5) is 2.75. The maximum Gasteiger partial charge on any atom is 0.0972 e. The zero-order valence-corrected chi connectivity index (χ0v) is 19.8. The van der Waals surface area contributed by atoms with E-state index >= 15 is 0 Å². The lowest BCUT2D eigenvalue weighted by atomic mass is 9.75. The average molecular weight is 429 g/mol. The lowest BCUT2D eigenvalue weighted by Crippen LogP contribution is -2.49. The summed E-state index contributed by atoms with van der Waals surface area (Å²) in [5, 5.41) is 0. The minimum atomic E-state index is -0.295. The summed E-state index contributed by atoms with van der Waals surface area (Å²) in [6.45, 7) is 5.27. The molecule has 2 N–H and O–H groups in total. The summed E-state index contributed by atoms with van der Waals surface area (Å²) in [5.41, 5.74) is 9.43. The molecule has 0 heterocycles. The molecule has 0 aromatic heterocycles. The van der Waals surface area contributed by atoms with E-state index in [1.54, 1.807) is 0 Å². The molecule has 2 nitrogen and oxygen atoms in total. The van der Waals surface area contributed by atoms with E-state index in [2.05, 4.69) is 103 Å². The number of hydrogen-bond donors (Lipinski definition) is 1. The van der Waals surface area contributed by atoms with Crippen molar-refractivity contribution in [3.8, 4) is 0 Å². The molecule has 0 fully saturated rings. The van der Waals surface area contributed by atoms with Crippen LogP contribution in [0.4, 0.5) is 0 Å². The van der Waals surface area contributed by atoms with Crippen LogP contribution in [0.5, 0.6) is 0 Å². The Morgan fingerprint density at radius 2 is 0.969 bits per heavy atom. The van der Waals surface area contributed by atoms with Gasteiger partial charge in [0, 0.05) is 0 Å². The minimum Gasteiger partial charge on any atom is -0.330 e. The van der Waals surface area contributed by atoms with E-state index in [0.717, 1.165) is 26.1 Å². The van der Waals surface area contributed by atoms with Crippen LogP contribution in [0.25, 0.3) is 0 Å². The highest BCUT2D eigenvalue weighted by atomic mass is 15.2. The van der Waals surface area contributed by atoms with Crippen LogP contribution >= 0.6 is 0 Å². The summed E-state index contributed by atoms with van der Waals surface area (Å²) in [5.74, 6) is 0. The zero-order chi connectivity index (χ0) is 22.5. The highest BCUT2D eigenvalue weighted by Gasteiger charge is 2.41. The van der Waals surface area contributed by atoms with Gasteiger partial charge in [0.1, 0.15) is 0 Å². The quantitative estimate of drug-likeness (QED) is 0.221. The molecule has 3 aromatic rings. The van der Waals surface area contributed by atoms with Crippen molar-refractivity contribution in [2.24, 2.45) is 5.73 Å². The Labute approximate surface area is 195 Å². The van der Waals surface area contributed by atoms with Crippen LogP contribution in [0.15, 0.2) is 91.0 Å². The maximum absolute atomic E-state index is 5.69. The predicted molar refractivity (Wildman–Crippen MR) is 138 cm³/mol. The fraction of sp³-hybridized carbons (Fsp3) is 0.400. The van der Waals surface area contributed by atoms with Gasteiger partial charge in [0.2, 0.25) is 0 Å². The molecular weight excluding hydrogens is 388 g/mol. The molecule has 0 saturated heterocycles. The Balaban J connectivity index is 2.07. The molecule has 0 spiro atoms. The number of nitrogens with two attached hydrogens (primary N) is 1. The summed E-state index contributed by atoms with van der Waals surface area (Å²) >= 11 is 0. The second-order valence-electron chi connectivity index (χ2n) is 8.71. The van der Waals surface area contributed by atoms with Crippen molar-refractivity contribution in [1.82, 2.24) is 4.90 Å². The molecule has 0 amide bonds. The molecule has 0 aliphatic carbocycles. The van der Waals surface area contributed by atoms with Gasteiger partial charge in [-0.2, -0.15) is 0 Å². The number of benzene rings is 3. The van der Waals surface area contributed by atoms with Gasteiger partial charge in [-0.3, -0.25) is 4.90 Å². The van der Waals surface area contributed by atoms with Gasteiger partial charge in [0.05, 0.1) is 5.54 Å². The van der Waals surface area contributed by atoms with Gasteiger partial charge >= 0.3 is 0 Å². The summed E-state index contributed by atoms with van der Waals surface area (Å²) in [6, 6.07) is 33.3. The van der Waals surface area contributed by atoms with Gasteiger partial charge < -0.3 is 5.73 Å². The van der Waals surface area contributed by atoms with E-state index in [1.165, 1.54) is 55.2 Å². The third kappa shape index (κ3) is 5.88. The molecule has 3 rings (SSSR count). The first kappa shape index (κ1) is 24.2. The lowest BCUT2D eigenvalue weighted by molar-refractivity contribution is 0.150. The van der Waals surface area contributed by atoms with Gasteiger partial charge in [-0.05, 0) is 55.6 Å². The standard InChI is InChI=1S/C30H40N2/c1-2-3-25-32(26-17-6-4-5-16-24-31)30(27-18-10-7-11-19-27,28-20-12-8-13-21-28)29-22-14-9-15-23-29/h7-15,18-23H,2-6,16-17,24-26,31H2,1H3. The van der Waals surface area contributed by atoms with Crippen LogP contribution in [0.1, 0.15) is 68.6 Å². The number of nitrogens with zero attached hydrogens (tertiary/aromatic N) is 1. The van der Waals surface area contributed by atoms with E-state index in [1.807, 2.05) is 0 Å². The second-order valence-corrected chi connectivity index (χ2v) is 8.71. The Bertz CT molecular complexity index is 764. The third-order valence-electron chi connectivity index (χ3n) is 6.46. The van der Waals surface area contributed by atoms with Crippen LogP contribution in [0.2, 0.25) is 0 Å². The number of unbranched alkanes of at least 4 members (excludes halogenated alkanes) is 5. The fourth-order valence-electron chi connectivity index (χ4n) is 4.86. The largest absolute Gasteiger partial charge is 0.330 e. The molecular formula is C30H40N2.